The standard InChI is InChI=1S/C13H20N2O3/c14-7-6-12(16)10-3-1-4-11(9-10)18-8-2-5-13(15)17/h1,3-4,9,12,16H,2,5-8,14H2,(H2,15,17). The summed E-state index contributed by atoms with van der Waals surface area (Å²) in [6.45, 7) is 0.865. The lowest BCUT2D eigenvalue weighted by Crippen LogP contribution is -2.12. The van der Waals surface area contributed by atoms with Gasteiger partial charge in [-0.1, -0.05) is 12.1 Å². The minimum absolute atomic E-state index is 0.315. The highest BCUT2D eigenvalue weighted by atomic mass is 16.5. The summed E-state index contributed by atoms with van der Waals surface area (Å²) in [5.74, 6) is 0.346. The first-order valence-corrected chi connectivity index (χ1v) is 6.02. The van der Waals surface area contributed by atoms with Gasteiger partial charge in [0.25, 0.3) is 0 Å². The van der Waals surface area contributed by atoms with Crippen LogP contribution in [0.2, 0.25) is 0 Å². The second-order valence-corrected chi connectivity index (χ2v) is 4.08. The number of primary amides is 1. The van der Waals surface area contributed by atoms with Gasteiger partial charge in [0.1, 0.15) is 5.75 Å². The molecule has 0 radical (unpaired) electrons. The van der Waals surface area contributed by atoms with Gasteiger partial charge in [-0.3, -0.25) is 4.79 Å². The summed E-state index contributed by atoms with van der Waals surface area (Å²) < 4.78 is 5.48. The van der Waals surface area contributed by atoms with Crippen LogP contribution in [0.1, 0.15) is 30.9 Å². The number of aliphatic hydroxyl groups excluding tert-OH is 1. The van der Waals surface area contributed by atoms with Crippen molar-refractivity contribution in [1.82, 2.24) is 0 Å². The van der Waals surface area contributed by atoms with E-state index in [9.17, 15) is 9.90 Å². The van der Waals surface area contributed by atoms with Gasteiger partial charge in [-0.25, -0.2) is 0 Å². The lowest BCUT2D eigenvalue weighted by Gasteiger charge is -2.11. The second-order valence-electron chi connectivity index (χ2n) is 4.08. The monoisotopic (exact) mass is 252 g/mol. The molecule has 18 heavy (non-hydrogen) atoms. The minimum atomic E-state index is -0.566. The molecule has 1 amide bonds. The molecule has 5 N–H and O–H groups in total. The summed E-state index contributed by atoms with van der Waals surface area (Å²) in [5, 5.41) is 9.79. The Morgan fingerprint density at radius 2 is 2.22 bits per heavy atom. The summed E-state index contributed by atoms with van der Waals surface area (Å²) in [5.41, 5.74) is 11.2. The molecule has 0 aliphatic heterocycles. The molecule has 0 saturated heterocycles. The van der Waals surface area contributed by atoms with E-state index in [0.717, 1.165) is 5.56 Å². The molecule has 1 unspecified atom stereocenters. The van der Waals surface area contributed by atoms with Crippen LogP contribution in [0.25, 0.3) is 0 Å². The minimum Gasteiger partial charge on any atom is -0.494 e. The summed E-state index contributed by atoms with van der Waals surface area (Å²) in [6, 6.07) is 7.24. The molecular formula is C13H20N2O3. The highest BCUT2D eigenvalue weighted by Gasteiger charge is 2.07. The predicted molar refractivity (Wildman–Crippen MR) is 69.0 cm³/mol. The maximum Gasteiger partial charge on any atom is 0.217 e. The SMILES string of the molecule is NCCC(O)c1cccc(OCCCC(N)=O)c1. The molecule has 1 aromatic carbocycles. The van der Waals surface area contributed by atoms with Crippen LogP contribution < -0.4 is 16.2 Å². The molecule has 0 heterocycles. The van der Waals surface area contributed by atoms with Crippen molar-refractivity contribution in [3.8, 4) is 5.75 Å². The van der Waals surface area contributed by atoms with E-state index in [-0.39, 0.29) is 5.91 Å². The summed E-state index contributed by atoms with van der Waals surface area (Å²) in [7, 11) is 0. The van der Waals surface area contributed by atoms with Gasteiger partial charge < -0.3 is 21.3 Å². The largest absolute Gasteiger partial charge is 0.494 e. The van der Waals surface area contributed by atoms with Crippen molar-refractivity contribution in [2.24, 2.45) is 11.5 Å². The molecule has 0 aliphatic carbocycles. The van der Waals surface area contributed by atoms with Crippen LogP contribution in [0.3, 0.4) is 0 Å². The molecule has 0 fully saturated rings. The van der Waals surface area contributed by atoms with Crippen LogP contribution in [0.4, 0.5) is 0 Å². The zero-order chi connectivity index (χ0) is 13.4. The molecule has 0 saturated carbocycles. The van der Waals surface area contributed by atoms with Gasteiger partial charge in [0.05, 0.1) is 12.7 Å². The van der Waals surface area contributed by atoms with Crippen LogP contribution in [-0.4, -0.2) is 24.2 Å². The van der Waals surface area contributed by atoms with Crippen molar-refractivity contribution in [3.05, 3.63) is 29.8 Å². The molecule has 0 bridgehead atoms. The van der Waals surface area contributed by atoms with E-state index in [2.05, 4.69) is 0 Å². The fourth-order valence-corrected chi connectivity index (χ4v) is 1.57. The van der Waals surface area contributed by atoms with Crippen LogP contribution in [0.15, 0.2) is 24.3 Å². The van der Waals surface area contributed by atoms with E-state index < -0.39 is 6.10 Å². The fraction of sp³-hybridized carbons (Fsp3) is 0.462. The average molecular weight is 252 g/mol. The number of benzene rings is 1. The molecule has 5 heteroatoms. The van der Waals surface area contributed by atoms with E-state index in [0.29, 0.717) is 38.2 Å². The number of ether oxygens (including phenoxy) is 1. The molecule has 1 aromatic rings. The van der Waals surface area contributed by atoms with Crippen LogP contribution >= 0.6 is 0 Å². The van der Waals surface area contributed by atoms with E-state index in [1.807, 2.05) is 18.2 Å². The molecule has 0 aromatic heterocycles. The fourth-order valence-electron chi connectivity index (χ4n) is 1.57. The molecule has 5 nitrogen and oxygen atoms in total. The van der Waals surface area contributed by atoms with E-state index in [1.165, 1.54) is 0 Å². The second kappa shape index (κ2) is 7.68. The van der Waals surface area contributed by atoms with Crippen LogP contribution in [0, 0.1) is 0 Å². The quantitative estimate of drug-likeness (QED) is 0.593. The number of carbonyl (C=O) groups is 1. The van der Waals surface area contributed by atoms with Gasteiger partial charge in [0, 0.05) is 6.42 Å². The number of aliphatic hydroxyl groups is 1. The Morgan fingerprint density at radius 3 is 2.89 bits per heavy atom. The van der Waals surface area contributed by atoms with Crippen molar-refractivity contribution >= 4 is 5.91 Å². The van der Waals surface area contributed by atoms with Crippen LogP contribution in [0.5, 0.6) is 5.75 Å². The van der Waals surface area contributed by atoms with Gasteiger partial charge in [0.2, 0.25) is 5.91 Å². The van der Waals surface area contributed by atoms with Gasteiger partial charge in [-0.05, 0) is 37.1 Å². The van der Waals surface area contributed by atoms with Crippen molar-refractivity contribution < 1.29 is 14.6 Å². The van der Waals surface area contributed by atoms with Gasteiger partial charge in [-0.15, -0.1) is 0 Å². The first-order valence-electron chi connectivity index (χ1n) is 6.02. The van der Waals surface area contributed by atoms with Crippen molar-refractivity contribution in [2.45, 2.75) is 25.4 Å². The Labute approximate surface area is 107 Å². The molecular weight excluding hydrogens is 232 g/mol. The Morgan fingerprint density at radius 1 is 1.44 bits per heavy atom. The van der Waals surface area contributed by atoms with Crippen LogP contribution in [-0.2, 0) is 4.79 Å². The summed E-state index contributed by atoms with van der Waals surface area (Å²) in [4.78, 5) is 10.5. The van der Waals surface area contributed by atoms with Crippen molar-refractivity contribution in [1.29, 1.82) is 0 Å². The topological polar surface area (TPSA) is 98.6 Å². The lowest BCUT2D eigenvalue weighted by molar-refractivity contribution is -0.118. The third-order valence-corrected chi connectivity index (χ3v) is 2.52. The smallest absolute Gasteiger partial charge is 0.217 e. The molecule has 100 valence electrons. The third kappa shape index (κ3) is 5.16. The number of rotatable bonds is 8. The number of nitrogens with two attached hydrogens (primary N) is 2. The number of hydrogen-bond donors (Lipinski definition) is 3. The molecule has 1 atom stereocenters. The van der Waals surface area contributed by atoms with Crippen molar-refractivity contribution in [2.75, 3.05) is 13.2 Å². The molecule has 0 aliphatic rings. The van der Waals surface area contributed by atoms with E-state index in [1.54, 1.807) is 6.07 Å². The van der Waals surface area contributed by atoms with Crippen molar-refractivity contribution in [3.63, 3.8) is 0 Å². The van der Waals surface area contributed by atoms with Gasteiger partial charge in [-0.2, -0.15) is 0 Å². The first-order chi connectivity index (χ1) is 8.63. The number of amides is 1. The Kier molecular flexibility index (Phi) is 6.18. The maximum absolute atomic E-state index is 10.5. The predicted octanol–water partition coefficient (Wildman–Crippen LogP) is 0.713. The summed E-state index contributed by atoms with van der Waals surface area (Å²) in [6.07, 6.45) is 0.857. The Hall–Kier alpha value is -1.59. The zero-order valence-corrected chi connectivity index (χ0v) is 10.3. The first kappa shape index (κ1) is 14.5. The Bertz CT molecular complexity index is 382. The van der Waals surface area contributed by atoms with E-state index in [4.69, 9.17) is 16.2 Å². The average Bonchev–Trinajstić information content (AvgIpc) is 2.35. The highest BCUT2D eigenvalue weighted by molar-refractivity contribution is 5.73. The normalized spacial score (nSPS) is 12.1. The molecule has 1 rings (SSSR count). The van der Waals surface area contributed by atoms with E-state index >= 15 is 0 Å². The Balaban J connectivity index is 2.46. The number of hydrogen-bond acceptors (Lipinski definition) is 4. The third-order valence-electron chi connectivity index (χ3n) is 2.52. The maximum atomic E-state index is 10.5. The zero-order valence-electron chi connectivity index (χ0n) is 10.3. The van der Waals surface area contributed by atoms with Gasteiger partial charge in [0.15, 0.2) is 0 Å². The highest BCUT2D eigenvalue weighted by Crippen LogP contribution is 2.21. The lowest BCUT2D eigenvalue weighted by atomic mass is 10.1. The van der Waals surface area contributed by atoms with Gasteiger partial charge >= 0.3 is 0 Å². The summed E-state index contributed by atoms with van der Waals surface area (Å²) >= 11 is 0. The molecule has 0 spiro atoms. The number of carbonyl (C=O) groups excluding carboxylic acids is 1.